The summed E-state index contributed by atoms with van der Waals surface area (Å²) < 4.78 is 12.0. The molecule has 1 N–H and O–H groups in total. The second-order valence-electron chi connectivity index (χ2n) is 4.71. The van der Waals surface area contributed by atoms with Gasteiger partial charge in [-0.25, -0.2) is 4.98 Å². The normalized spacial score (nSPS) is 10.8. The van der Waals surface area contributed by atoms with Gasteiger partial charge in [0.25, 0.3) is 5.56 Å². The summed E-state index contributed by atoms with van der Waals surface area (Å²) in [7, 11) is 1.64. The highest BCUT2D eigenvalue weighted by molar-refractivity contribution is 7.20. The van der Waals surface area contributed by atoms with E-state index in [2.05, 4.69) is 15.4 Å². The molecule has 0 fully saturated rings. The highest BCUT2D eigenvalue weighted by Gasteiger charge is 2.05. The maximum absolute atomic E-state index is 11.6. The molecule has 0 bridgehead atoms. The molecule has 3 rings (SSSR count). The molecule has 120 valence electrons. The van der Waals surface area contributed by atoms with E-state index in [0.29, 0.717) is 29.9 Å². The van der Waals surface area contributed by atoms with Crippen molar-refractivity contribution in [2.24, 2.45) is 0 Å². The van der Waals surface area contributed by atoms with E-state index in [1.165, 1.54) is 28.1 Å². The first kappa shape index (κ1) is 15.4. The number of benzene rings is 1. The van der Waals surface area contributed by atoms with E-state index in [4.69, 9.17) is 9.47 Å². The Labute approximate surface area is 136 Å². The summed E-state index contributed by atoms with van der Waals surface area (Å²) >= 11 is 1.33. The fourth-order valence-electron chi connectivity index (χ4n) is 1.96. The number of fused-ring (bicyclic) bond motifs is 1. The Balaban J connectivity index is 1.45. The Morgan fingerprint density at radius 3 is 2.83 bits per heavy atom. The van der Waals surface area contributed by atoms with Crippen LogP contribution in [-0.2, 0) is 11.3 Å². The van der Waals surface area contributed by atoms with Crippen molar-refractivity contribution < 1.29 is 9.47 Å². The standard InChI is InChI=1S/C15H16N4O3S/c1-21-12-4-2-11(3-5-12)10-22-9-8-16-14-18-19-13(20)6-7-17-15(19)23-14/h2-7H,8-10H2,1H3,(H,16,18). The van der Waals surface area contributed by atoms with Gasteiger partial charge in [0.05, 0.1) is 20.3 Å². The average molecular weight is 332 g/mol. The van der Waals surface area contributed by atoms with Gasteiger partial charge in [0.2, 0.25) is 10.1 Å². The quantitative estimate of drug-likeness (QED) is 0.665. The summed E-state index contributed by atoms with van der Waals surface area (Å²) in [4.78, 5) is 16.2. The third-order valence-corrected chi connectivity index (χ3v) is 4.00. The number of nitrogens with one attached hydrogen (secondary N) is 1. The van der Waals surface area contributed by atoms with Crippen molar-refractivity contribution in [2.45, 2.75) is 6.61 Å². The molecule has 7 nitrogen and oxygen atoms in total. The van der Waals surface area contributed by atoms with E-state index >= 15 is 0 Å². The van der Waals surface area contributed by atoms with Gasteiger partial charge in [-0.1, -0.05) is 23.5 Å². The molecular formula is C15H16N4O3S. The van der Waals surface area contributed by atoms with Crippen LogP contribution in [0.2, 0.25) is 0 Å². The van der Waals surface area contributed by atoms with E-state index in [-0.39, 0.29) is 5.56 Å². The number of hydrogen-bond donors (Lipinski definition) is 1. The van der Waals surface area contributed by atoms with Crippen LogP contribution in [0.4, 0.5) is 5.13 Å². The first-order valence-corrected chi connectivity index (χ1v) is 7.87. The van der Waals surface area contributed by atoms with E-state index in [9.17, 15) is 4.79 Å². The van der Waals surface area contributed by atoms with Gasteiger partial charge in [-0.3, -0.25) is 4.79 Å². The van der Waals surface area contributed by atoms with Gasteiger partial charge in [-0.05, 0) is 17.7 Å². The van der Waals surface area contributed by atoms with E-state index < -0.39 is 0 Å². The maximum Gasteiger partial charge on any atom is 0.275 e. The first-order chi connectivity index (χ1) is 11.3. The fourth-order valence-corrected chi connectivity index (χ4v) is 2.76. The van der Waals surface area contributed by atoms with Crippen LogP contribution >= 0.6 is 11.3 Å². The van der Waals surface area contributed by atoms with Crippen molar-refractivity contribution in [1.29, 1.82) is 0 Å². The molecule has 0 radical (unpaired) electrons. The molecule has 0 aliphatic rings. The zero-order chi connectivity index (χ0) is 16.1. The summed E-state index contributed by atoms with van der Waals surface area (Å²) in [5.74, 6) is 0.829. The molecule has 8 heteroatoms. The third-order valence-electron chi connectivity index (χ3n) is 3.12. The number of rotatable bonds is 7. The van der Waals surface area contributed by atoms with E-state index in [0.717, 1.165) is 11.3 Å². The number of anilines is 1. The molecule has 0 spiro atoms. The summed E-state index contributed by atoms with van der Waals surface area (Å²) in [6, 6.07) is 9.13. The van der Waals surface area contributed by atoms with Gasteiger partial charge in [0.15, 0.2) is 0 Å². The SMILES string of the molecule is COc1ccc(COCCNc2nn3c(=O)ccnc3s2)cc1. The molecule has 1 aromatic carbocycles. The van der Waals surface area contributed by atoms with Crippen molar-refractivity contribution in [3.63, 3.8) is 0 Å². The average Bonchev–Trinajstić information content (AvgIpc) is 2.99. The maximum atomic E-state index is 11.6. The summed E-state index contributed by atoms with van der Waals surface area (Å²) in [6.07, 6.45) is 1.48. The van der Waals surface area contributed by atoms with Crippen molar-refractivity contribution in [3.8, 4) is 5.75 Å². The van der Waals surface area contributed by atoms with Crippen molar-refractivity contribution in [3.05, 3.63) is 52.4 Å². The van der Waals surface area contributed by atoms with Gasteiger partial charge >= 0.3 is 0 Å². The van der Waals surface area contributed by atoms with Crippen LogP contribution in [0.15, 0.2) is 41.3 Å². The number of nitrogens with zero attached hydrogens (tertiary/aromatic N) is 3. The Kier molecular flexibility index (Phi) is 4.84. The fraction of sp³-hybridized carbons (Fsp3) is 0.267. The molecule has 0 saturated carbocycles. The zero-order valence-electron chi connectivity index (χ0n) is 12.6. The minimum atomic E-state index is -0.185. The van der Waals surface area contributed by atoms with Crippen LogP contribution in [0.3, 0.4) is 0 Å². The van der Waals surface area contributed by atoms with Gasteiger partial charge in [-0.15, -0.1) is 5.10 Å². The van der Waals surface area contributed by atoms with Gasteiger partial charge in [0.1, 0.15) is 5.75 Å². The van der Waals surface area contributed by atoms with Crippen LogP contribution < -0.4 is 15.6 Å². The molecule has 2 heterocycles. The highest BCUT2D eigenvalue weighted by atomic mass is 32.1. The van der Waals surface area contributed by atoms with Crippen molar-refractivity contribution in [1.82, 2.24) is 14.6 Å². The second kappa shape index (κ2) is 7.21. The van der Waals surface area contributed by atoms with Gasteiger partial charge in [-0.2, -0.15) is 4.52 Å². The lowest BCUT2D eigenvalue weighted by atomic mass is 10.2. The molecule has 0 unspecified atom stereocenters. The zero-order valence-corrected chi connectivity index (χ0v) is 13.4. The Morgan fingerprint density at radius 1 is 1.26 bits per heavy atom. The summed E-state index contributed by atoms with van der Waals surface area (Å²) in [5, 5.41) is 7.94. The lowest BCUT2D eigenvalue weighted by molar-refractivity contribution is 0.130. The van der Waals surface area contributed by atoms with Crippen LogP contribution in [0.1, 0.15) is 5.56 Å². The Bertz CT molecular complexity index is 829. The lowest BCUT2D eigenvalue weighted by Crippen LogP contribution is -2.13. The van der Waals surface area contributed by atoms with Crippen LogP contribution in [-0.4, -0.2) is 34.9 Å². The van der Waals surface area contributed by atoms with E-state index in [1.54, 1.807) is 7.11 Å². The minimum Gasteiger partial charge on any atom is -0.497 e. The predicted octanol–water partition coefficient (Wildman–Crippen LogP) is 1.79. The molecular weight excluding hydrogens is 316 g/mol. The number of methoxy groups -OCH3 is 1. The molecule has 3 aromatic rings. The summed E-state index contributed by atoms with van der Waals surface area (Å²) in [5.41, 5.74) is 0.900. The number of hydrogen-bond acceptors (Lipinski definition) is 7. The molecule has 0 aliphatic heterocycles. The molecule has 0 saturated heterocycles. The highest BCUT2D eigenvalue weighted by Crippen LogP contribution is 2.15. The van der Waals surface area contributed by atoms with Crippen LogP contribution in [0.5, 0.6) is 5.75 Å². The predicted molar refractivity (Wildman–Crippen MR) is 88.3 cm³/mol. The third kappa shape index (κ3) is 3.85. The topological polar surface area (TPSA) is 77.8 Å². The number of ether oxygens (including phenoxy) is 2. The molecule has 0 amide bonds. The monoisotopic (exact) mass is 332 g/mol. The smallest absolute Gasteiger partial charge is 0.275 e. The minimum absolute atomic E-state index is 0.185. The Morgan fingerprint density at radius 2 is 2.09 bits per heavy atom. The number of aromatic nitrogens is 3. The summed E-state index contributed by atoms with van der Waals surface area (Å²) in [6.45, 7) is 1.67. The molecule has 0 atom stereocenters. The van der Waals surface area contributed by atoms with E-state index in [1.807, 2.05) is 24.3 Å². The Hall–Kier alpha value is -2.45. The second-order valence-corrected chi connectivity index (χ2v) is 5.67. The van der Waals surface area contributed by atoms with Crippen molar-refractivity contribution in [2.75, 3.05) is 25.6 Å². The first-order valence-electron chi connectivity index (χ1n) is 7.06. The van der Waals surface area contributed by atoms with Crippen molar-refractivity contribution >= 4 is 21.4 Å². The van der Waals surface area contributed by atoms with Gasteiger partial charge < -0.3 is 14.8 Å². The van der Waals surface area contributed by atoms with Crippen LogP contribution in [0.25, 0.3) is 4.96 Å². The lowest BCUT2D eigenvalue weighted by Gasteiger charge is -2.06. The van der Waals surface area contributed by atoms with Crippen LogP contribution in [0, 0.1) is 0 Å². The molecule has 23 heavy (non-hydrogen) atoms. The largest absolute Gasteiger partial charge is 0.497 e. The molecule has 0 aliphatic carbocycles. The van der Waals surface area contributed by atoms with Gasteiger partial charge in [0, 0.05) is 18.8 Å². The molecule has 2 aromatic heterocycles.